The smallest absolute Gasteiger partial charge is 0.338 e. The molecule has 0 saturated carbocycles. The molecule has 0 aliphatic carbocycles. The number of benzene rings is 2. The maximum Gasteiger partial charge on any atom is 0.338 e. The number of likely N-dealkylation sites (N-methyl/N-ethyl adjacent to an activating group) is 1. The molecule has 0 unspecified atom stereocenters. The van der Waals surface area contributed by atoms with Crippen molar-refractivity contribution in [3.63, 3.8) is 0 Å². The number of amides is 2. The van der Waals surface area contributed by atoms with Crippen LogP contribution in [0.1, 0.15) is 29.3 Å². The minimum Gasteiger partial charge on any atom is -0.462 e. The Hall–Kier alpha value is -2.97. The molecule has 2 aromatic carbocycles. The summed E-state index contributed by atoms with van der Waals surface area (Å²) in [6.45, 7) is 2.41. The molecule has 7 nitrogen and oxygen atoms in total. The second kappa shape index (κ2) is 9.89. The van der Waals surface area contributed by atoms with E-state index in [9.17, 15) is 14.4 Å². The van der Waals surface area contributed by atoms with Crippen LogP contribution in [0.3, 0.4) is 0 Å². The average Bonchev–Trinajstić information content (AvgIpc) is 2.94. The molecule has 1 heterocycles. The normalized spacial score (nSPS) is 15.9. The molecule has 1 fully saturated rings. The first-order valence-corrected chi connectivity index (χ1v) is 10.5. The second-order valence-electron chi connectivity index (χ2n) is 7.00. The summed E-state index contributed by atoms with van der Waals surface area (Å²) in [4.78, 5) is 40.2. The van der Waals surface area contributed by atoms with Gasteiger partial charge in [0.15, 0.2) is 5.11 Å². The third kappa shape index (κ3) is 5.39. The van der Waals surface area contributed by atoms with E-state index in [4.69, 9.17) is 28.6 Å². The van der Waals surface area contributed by atoms with Crippen LogP contribution >= 0.6 is 23.8 Å². The van der Waals surface area contributed by atoms with Gasteiger partial charge in [0.05, 0.1) is 18.6 Å². The Morgan fingerprint density at radius 3 is 2.39 bits per heavy atom. The van der Waals surface area contributed by atoms with Gasteiger partial charge in [0.1, 0.15) is 6.04 Å². The largest absolute Gasteiger partial charge is 0.462 e. The van der Waals surface area contributed by atoms with Gasteiger partial charge >= 0.3 is 5.97 Å². The fourth-order valence-electron chi connectivity index (χ4n) is 3.23. The molecule has 0 aromatic heterocycles. The van der Waals surface area contributed by atoms with E-state index in [0.717, 1.165) is 5.56 Å². The van der Waals surface area contributed by atoms with Crippen LogP contribution in [-0.2, 0) is 20.9 Å². The highest BCUT2D eigenvalue weighted by atomic mass is 35.5. The number of anilines is 1. The highest BCUT2D eigenvalue weighted by molar-refractivity contribution is 7.80. The van der Waals surface area contributed by atoms with Gasteiger partial charge in [0.25, 0.3) is 5.91 Å². The minimum atomic E-state index is -0.702. The molecule has 31 heavy (non-hydrogen) atoms. The van der Waals surface area contributed by atoms with Gasteiger partial charge in [-0.25, -0.2) is 4.79 Å². The summed E-state index contributed by atoms with van der Waals surface area (Å²) in [5.41, 5.74) is 1.84. The lowest BCUT2D eigenvalue weighted by molar-refractivity contribution is -0.130. The number of hydrogen-bond acceptors (Lipinski definition) is 5. The second-order valence-corrected chi connectivity index (χ2v) is 7.80. The lowest BCUT2D eigenvalue weighted by Crippen LogP contribution is -2.37. The Morgan fingerprint density at radius 1 is 1.13 bits per heavy atom. The minimum absolute atomic E-state index is 0.0590. The first-order chi connectivity index (χ1) is 14.8. The lowest BCUT2D eigenvalue weighted by Gasteiger charge is -2.23. The molecule has 0 bridgehead atoms. The Bertz CT molecular complexity index is 995. The van der Waals surface area contributed by atoms with Crippen molar-refractivity contribution in [2.45, 2.75) is 25.9 Å². The Kier molecular flexibility index (Phi) is 7.25. The van der Waals surface area contributed by atoms with Gasteiger partial charge in [-0.15, -0.1) is 0 Å². The number of carbonyl (C=O) groups excluding carboxylic acids is 3. The number of esters is 1. The number of nitrogens with one attached hydrogen (secondary N) is 1. The highest BCUT2D eigenvalue weighted by Crippen LogP contribution is 2.23. The van der Waals surface area contributed by atoms with Gasteiger partial charge in [-0.2, -0.15) is 0 Å². The molecule has 9 heteroatoms. The molecule has 162 valence electrons. The fraction of sp³-hybridized carbons (Fsp3) is 0.273. The SMILES string of the molecule is CCOC(=O)c1ccc(NC(=O)C[C@@H]2C(=O)N(C)C(=S)N2Cc2ccc(Cl)cc2)cc1. The zero-order valence-electron chi connectivity index (χ0n) is 17.1. The van der Waals surface area contributed by atoms with Crippen LogP contribution in [0.4, 0.5) is 5.69 Å². The van der Waals surface area contributed by atoms with Gasteiger partial charge < -0.3 is 15.0 Å². The Morgan fingerprint density at radius 2 is 1.77 bits per heavy atom. The first kappa shape index (κ1) is 22.7. The predicted molar refractivity (Wildman–Crippen MR) is 122 cm³/mol. The monoisotopic (exact) mass is 459 g/mol. The van der Waals surface area contributed by atoms with E-state index in [1.165, 1.54) is 4.90 Å². The molecule has 1 N–H and O–H groups in total. The number of halogens is 1. The summed E-state index contributed by atoms with van der Waals surface area (Å²) in [5, 5.41) is 3.75. The lowest BCUT2D eigenvalue weighted by atomic mass is 10.1. The summed E-state index contributed by atoms with van der Waals surface area (Å²) in [6, 6.07) is 12.9. The van der Waals surface area contributed by atoms with Crippen molar-refractivity contribution in [1.82, 2.24) is 9.80 Å². The van der Waals surface area contributed by atoms with Crippen LogP contribution < -0.4 is 5.32 Å². The van der Waals surface area contributed by atoms with E-state index in [1.54, 1.807) is 55.3 Å². The third-order valence-electron chi connectivity index (χ3n) is 4.85. The van der Waals surface area contributed by atoms with Crippen molar-refractivity contribution in [1.29, 1.82) is 0 Å². The number of nitrogens with zero attached hydrogens (tertiary/aromatic N) is 2. The topological polar surface area (TPSA) is 78.9 Å². The van der Waals surface area contributed by atoms with Crippen LogP contribution in [-0.4, -0.2) is 52.4 Å². The third-order valence-corrected chi connectivity index (χ3v) is 5.61. The molecule has 1 aliphatic heterocycles. The number of rotatable bonds is 7. The average molecular weight is 460 g/mol. The van der Waals surface area contributed by atoms with Crippen LogP contribution in [0, 0.1) is 0 Å². The molecule has 0 radical (unpaired) electrons. The molecule has 0 spiro atoms. The molecule has 1 saturated heterocycles. The van der Waals surface area contributed by atoms with Gasteiger partial charge in [-0.05, 0) is 61.1 Å². The molecule has 2 aromatic rings. The van der Waals surface area contributed by atoms with E-state index in [1.807, 2.05) is 12.1 Å². The van der Waals surface area contributed by atoms with Gasteiger partial charge in [-0.1, -0.05) is 23.7 Å². The standard InChI is InChI=1S/C22H22ClN3O4S/c1-3-30-21(29)15-6-10-17(11-7-15)24-19(27)12-18-20(28)25(2)22(31)26(18)13-14-4-8-16(23)9-5-14/h4-11,18H,3,12-13H2,1-2H3,(H,24,27)/t18-/m1/s1. The van der Waals surface area contributed by atoms with Crippen molar-refractivity contribution in [2.75, 3.05) is 19.0 Å². The summed E-state index contributed by atoms with van der Waals surface area (Å²) < 4.78 is 4.94. The van der Waals surface area contributed by atoms with Crippen LogP contribution in [0.25, 0.3) is 0 Å². The van der Waals surface area contributed by atoms with E-state index in [-0.39, 0.29) is 24.8 Å². The molecule has 3 rings (SSSR count). The van der Waals surface area contributed by atoms with E-state index in [0.29, 0.717) is 27.9 Å². The number of carbonyl (C=O) groups is 3. The van der Waals surface area contributed by atoms with E-state index in [2.05, 4.69) is 5.32 Å². The summed E-state index contributed by atoms with van der Waals surface area (Å²) >= 11 is 11.4. The number of ether oxygens (including phenoxy) is 1. The van der Waals surface area contributed by atoms with Crippen LogP contribution in [0.5, 0.6) is 0 Å². The van der Waals surface area contributed by atoms with Crippen LogP contribution in [0.15, 0.2) is 48.5 Å². The van der Waals surface area contributed by atoms with Gasteiger partial charge in [-0.3, -0.25) is 14.5 Å². The highest BCUT2D eigenvalue weighted by Gasteiger charge is 2.41. The van der Waals surface area contributed by atoms with Crippen molar-refractivity contribution >= 4 is 52.4 Å². The zero-order valence-corrected chi connectivity index (χ0v) is 18.7. The zero-order chi connectivity index (χ0) is 22.5. The van der Waals surface area contributed by atoms with Crippen molar-refractivity contribution in [3.05, 3.63) is 64.7 Å². The van der Waals surface area contributed by atoms with E-state index < -0.39 is 12.0 Å². The predicted octanol–water partition coefficient (Wildman–Crippen LogP) is 3.47. The van der Waals surface area contributed by atoms with Crippen LogP contribution in [0.2, 0.25) is 5.02 Å². The number of thiocarbonyl (C=S) groups is 1. The molecular weight excluding hydrogens is 438 g/mol. The summed E-state index contributed by atoms with van der Waals surface area (Å²) in [5.74, 6) is -0.987. The Balaban J connectivity index is 1.67. The van der Waals surface area contributed by atoms with Crippen molar-refractivity contribution in [2.24, 2.45) is 0 Å². The van der Waals surface area contributed by atoms with Gasteiger partial charge in [0, 0.05) is 24.3 Å². The van der Waals surface area contributed by atoms with E-state index >= 15 is 0 Å². The fourth-order valence-corrected chi connectivity index (χ4v) is 3.64. The van der Waals surface area contributed by atoms with Crippen molar-refractivity contribution < 1.29 is 19.1 Å². The summed E-state index contributed by atoms with van der Waals surface area (Å²) in [6.07, 6.45) is -0.0590. The van der Waals surface area contributed by atoms with Crippen molar-refractivity contribution in [3.8, 4) is 0 Å². The molecule has 2 amide bonds. The number of hydrogen-bond donors (Lipinski definition) is 1. The Labute approximate surface area is 190 Å². The van der Waals surface area contributed by atoms with Gasteiger partial charge in [0.2, 0.25) is 5.91 Å². The molecule has 1 aliphatic rings. The maximum atomic E-state index is 12.7. The maximum absolute atomic E-state index is 12.7. The molecule has 1 atom stereocenters. The molecular formula is C22H22ClN3O4S. The quantitative estimate of drug-likeness (QED) is 0.504. The first-order valence-electron chi connectivity index (χ1n) is 9.69. The summed E-state index contributed by atoms with van der Waals surface area (Å²) in [7, 11) is 1.60.